The van der Waals surface area contributed by atoms with E-state index in [1.165, 1.54) is 36.4 Å². The number of carbonyl (C=O) groups is 2. The monoisotopic (exact) mass is 342 g/mol. The van der Waals surface area contributed by atoms with Crippen molar-refractivity contribution in [3.8, 4) is 11.5 Å². The van der Waals surface area contributed by atoms with E-state index in [2.05, 4.69) is 0 Å². The summed E-state index contributed by atoms with van der Waals surface area (Å²) in [6.45, 7) is 0. The maximum atomic E-state index is 12.3. The van der Waals surface area contributed by atoms with Gasteiger partial charge in [0.1, 0.15) is 11.5 Å². The van der Waals surface area contributed by atoms with Crippen LogP contribution in [0.15, 0.2) is 84.0 Å². The fourth-order valence-corrected chi connectivity index (χ4v) is 3.26. The summed E-state index contributed by atoms with van der Waals surface area (Å²) in [5, 5.41) is 20.4. The Kier molecular flexibility index (Phi) is 3.66. The third-order valence-corrected chi connectivity index (χ3v) is 4.41. The summed E-state index contributed by atoms with van der Waals surface area (Å²) in [4.78, 5) is 24.6. The van der Waals surface area contributed by atoms with Gasteiger partial charge in [0.15, 0.2) is 11.6 Å². The number of phenols is 2. The van der Waals surface area contributed by atoms with Gasteiger partial charge in [0.25, 0.3) is 0 Å². The summed E-state index contributed by atoms with van der Waals surface area (Å²) in [7, 11) is 0. The largest absolute Gasteiger partial charge is 0.507 e. The lowest BCUT2D eigenvalue weighted by Gasteiger charge is -2.25. The van der Waals surface area contributed by atoms with Gasteiger partial charge >= 0.3 is 0 Å². The summed E-state index contributed by atoms with van der Waals surface area (Å²) >= 11 is 0. The first kappa shape index (κ1) is 15.8. The van der Waals surface area contributed by atoms with Gasteiger partial charge in [-0.05, 0) is 58.7 Å². The van der Waals surface area contributed by atoms with Gasteiger partial charge in [0.05, 0.1) is 0 Å². The maximum Gasteiger partial charge on any atom is 0.179 e. The predicted octanol–water partition coefficient (Wildman–Crippen LogP) is 3.58. The smallest absolute Gasteiger partial charge is 0.179 e. The van der Waals surface area contributed by atoms with Crippen LogP contribution >= 0.6 is 0 Å². The zero-order valence-electron chi connectivity index (χ0n) is 13.6. The number of carbonyl (C=O) groups excluding carboxylic acids is 2. The Morgan fingerprint density at radius 1 is 0.500 bits per heavy atom. The summed E-state index contributed by atoms with van der Waals surface area (Å²) in [5.41, 5.74) is 3.03. The second-order valence-corrected chi connectivity index (χ2v) is 6.07. The Morgan fingerprint density at radius 2 is 0.846 bits per heavy atom. The van der Waals surface area contributed by atoms with Crippen molar-refractivity contribution < 1.29 is 19.8 Å². The Morgan fingerprint density at radius 3 is 1.23 bits per heavy atom. The molecule has 2 aromatic carbocycles. The van der Waals surface area contributed by atoms with E-state index < -0.39 is 0 Å². The van der Waals surface area contributed by atoms with E-state index in [4.69, 9.17) is 0 Å². The van der Waals surface area contributed by atoms with Crippen LogP contribution in [0.4, 0.5) is 0 Å². The fraction of sp³-hybridized carbons (Fsp3) is 0. The number of phenolic OH excluding ortho intramolecular Hbond substituents is 2. The van der Waals surface area contributed by atoms with Crippen LogP contribution in [0.1, 0.15) is 11.1 Å². The number of rotatable bonds is 2. The summed E-state index contributed by atoms with van der Waals surface area (Å²) in [6, 6.07) is 13.3. The highest BCUT2D eigenvalue weighted by Crippen LogP contribution is 2.44. The molecular weight excluding hydrogens is 328 g/mol. The number of para-hydroxylation sites is 2. The lowest BCUT2D eigenvalue weighted by Crippen LogP contribution is -2.13. The minimum atomic E-state index is -0.244. The first-order valence-corrected chi connectivity index (χ1v) is 8.07. The minimum Gasteiger partial charge on any atom is -0.507 e. The molecule has 0 atom stereocenters. The molecule has 0 aromatic heterocycles. The van der Waals surface area contributed by atoms with E-state index in [-0.39, 0.29) is 23.1 Å². The number of hydrogen-bond donors (Lipinski definition) is 2. The zero-order valence-corrected chi connectivity index (χ0v) is 13.6. The maximum absolute atomic E-state index is 12.3. The Bertz CT molecular complexity index is 993. The van der Waals surface area contributed by atoms with Gasteiger partial charge in [-0.2, -0.15) is 0 Å². The third kappa shape index (κ3) is 2.58. The van der Waals surface area contributed by atoms with Crippen LogP contribution in [-0.4, -0.2) is 21.8 Å². The van der Waals surface area contributed by atoms with E-state index in [1.807, 2.05) is 0 Å². The Hall–Kier alpha value is -3.66. The molecule has 2 N–H and O–H groups in total. The van der Waals surface area contributed by atoms with E-state index in [9.17, 15) is 19.8 Å². The number of allylic oxidation sites excluding steroid dienone is 8. The van der Waals surface area contributed by atoms with Crippen molar-refractivity contribution in [3.63, 3.8) is 0 Å². The molecular formula is C22H14O4. The molecule has 26 heavy (non-hydrogen) atoms. The van der Waals surface area contributed by atoms with E-state index in [0.29, 0.717) is 33.4 Å². The molecule has 4 rings (SSSR count). The van der Waals surface area contributed by atoms with E-state index in [0.717, 1.165) is 0 Å². The third-order valence-electron chi connectivity index (χ3n) is 4.41. The van der Waals surface area contributed by atoms with Gasteiger partial charge in [-0.1, -0.05) is 36.4 Å². The molecule has 2 aromatic rings. The zero-order chi connectivity index (χ0) is 18.3. The lowest BCUT2D eigenvalue weighted by atomic mass is 9.78. The normalized spacial score (nSPS) is 16.3. The first-order chi connectivity index (χ1) is 12.5. The molecule has 0 heterocycles. The summed E-state index contributed by atoms with van der Waals surface area (Å²) < 4.78 is 0. The average molecular weight is 342 g/mol. The first-order valence-electron chi connectivity index (χ1n) is 8.07. The molecule has 0 saturated carbocycles. The minimum absolute atomic E-state index is 0.0276. The molecule has 0 amide bonds. The van der Waals surface area contributed by atoms with Crippen molar-refractivity contribution in [1.82, 2.24) is 0 Å². The molecule has 0 saturated heterocycles. The fourth-order valence-electron chi connectivity index (χ4n) is 3.26. The van der Waals surface area contributed by atoms with Crippen LogP contribution in [0.5, 0.6) is 11.5 Å². The molecule has 4 nitrogen and oxygen atoms in total. The van der Waals surface area contributed by atoms with Crippen LogP contribution < -0.4 is 0 Å². The quantitative estimate of drug-likeness (QED) is 0.875. The molecule has 0 spiro atoms. The van der Waals surface area contributed by atoms with Crippen LogP contribution in [0, 0.1) is 0 Å². The van der Waals surface area contributed by atoms with Crippen molar-refractivity contribution in [2.45, 2.75) is 0 Å². The molecule has 2 aliphatic rings. The van der Waals surface area contributed by atoms with Crippen molar-refractivity contribution >= 4 is 22.7 Å². The molecule has 0 radical (unpaired) electrons. The van der Waals surface area contributed by atoms with Crippen molar-refractivity contribution in [3.05, 3.63) is 95.1 Å². The van der Waals surface area contributed by atoms with E-state index in [1.54, 1.807) is 36.4 Å². The summed E-state index contributed by atoms with van der Waals surface area (Å²) in [5.74, 6) is -0.434. The second kappa shape index (κ2) is 6.01. The van der Waals surface area contributed by atoms with Gasteiger partial charge in [0, 0.05) is 11.1 Å². The molecule has 0 aliphatic heterocycles. The van der Waals surface area contributed by atoms with E-state index >= 15 is 0 Å². The van der Waals surface area contributed by atoms with Crippen LogP contribution in [-0.2, 0) is 9.59 Å². The van der Waals surface area contributed by atoms with Gasteiger partial charge < -0.3 is 10.2 Å². The van der Waals surface area contributed by atoms with Crippen LogP contribution in [0.25, 0.3) is 11.1 Å². The molecule has 2 aliphatic carbocycles. The number of fused-ring (bicyclic) bond motifs is 1. The SMILES string of the molecule is O=C1C=C2C(=CC(=O)C=C2c2ccccc2O)C(c2ccccc2O)=C1. The standard InChI is InChI=1S/C22H14O4/c23-13-9-17(15-5-1-3-7-21(15)25)19-11-14(24)10-18(20(19)12-13)16-6-2-4-8-22(16)26/h1-12,25-26H. The highest BCUT2D eigenvalue weighted by atomic mass is 16.3. The highest BCUT2D eigenvalue weighted by molar-refractivity contribution is 6.22. The molecule has 4 heteroatoms. The molecule has 0 bridgehead atoms. The topological polar surface area (TPSA) is 74.6 Å². The lowest BCUT2D eigenvalue weighted by molar-refractivity contribution is -0.111. The Labute approximate surface area is 149 Å². The van der Waals surface area contributed by atoms with Crippen LogP contribution in [0.2, 0.25) is 0 Å². The summed E-state index contributed by atoms with van der Waals surface area (Å²) in [6.07, 6.45) is 5.71. The number of aromatic hydroxyl groups is 2. The van der Waals surface area contributed by atoms with Crippen molar-refractivity contribution in [1.29, 1.82) is 0 Å². The van der Waals surface area contributed by atoms with Gasteiger partial charge in [-0.25, -0.2) is 0 Å². The van der Waals surface area contributed by atoms with Gasteiger partial charge in [-0.3, -0.25) is 9.59 Å². The number of benzene rings is 2. The van der Waals surface area contributed by atoms with Crippen molar-refractivity contribution in [2.75, 3.05) is 0 Å². The number of ketones is 2. The van der Waals surface area contributed by atoms with Gasteiger partial charge in [-0.15, -0.1) is 0 Å². The molecule has 0 unspecified atom stereocenters. The molecule has 126 valence electrons. The molecule has 0 fully saturated rings. The average Bonchev–Trinajstić information content (AvgIpc) is 2.62. The predicted molar refractivity (Wildman–Crippen MR) is 98.3 cm³/mol. The van der Waals surface area contributed by atoms with Crippen LogP contribution in [0.3, 0.4) is 0 Å². The Balaban J connectivity index is 1.90. The van der Waals surface area contributed by atoms with Crippen molar-refractivity contribution in [2.24, 2.45) is 0 Å². The van der Waals surface area contributed by atoms with Gasteiger partial charge in [0.2, 0.25) is 0 Å². The second-order valence-electron chi connectivity index (χ2n) is 6.07. The highest BCUT2D eigenvalue weighted by Gasteiger charge is 2.28. The number of hydrogen-bond acceptors (Lipinski definition) is 4.